The lowest BCUT2D eigenvalue weighted by atomic mass is 10.1. The largest absolute Gasteiger partial charge is 0.285 e. The molecular formula is C8H8N4. The van der Waals surface area contributed by atoms with Gasteiger partial charge in [0.15, 0.2) is 0 Å². The Morgan fingerprint density at radius 3 is 2.92 bits per heavy atom. The molecule has 0 bridgehead atoms. The molecule has 2 aromatic heterocycles. The summed E-state index contributed by atoms with van der Waals surface area (Å²) >= 11 is 0. The quantitative estimate of drug-likeness (QED) is 0.681. The molecule has 0 radical (unpaired) electrons. The highest BCUT2D eigenvalue weighted by Crippen LogP contribution is 2.17. The zero-order chi connectivity index (χ0) is 8.39. The van der Waals surface area contributed by atoms with E-state index in [2.05, 4.69) is 20.2 Å². The minimum atomic E-state index is 0.964. The summed E-state index contributed by atoms with van der Waals surface area (Å²) in [6, 6.07) is 0. The first-order chi connectivity index (χ1) is 5.88. The van der Waals surface area contributed by atoms with Gasteiger partial charge in [0.25, 0.3) is 0 Å². The molecule has 0 aliphatic carbocycles. The second-order valence-corrected chi connectivity index (χ2v) is 2.51. The van der Waals surface area contributed by atoms with E-state index < -0.39 is 0 Å². The van der Waals surface area contributed by atoms with Crippen molar-refractivity contribution in [2.45, 2.75) is 6.92 Å². The molecule has 0 aromatic carbocycles. The molecule has 60 valence electrons. The summed E-state index contributed by atoms with van der Waals surface area (Å²) in [5.74, 6) is 0. The number of hydrogen-bond donors (Lipinski definition) is 1. The lowest BCUT2D eigenvalue weighted by Crippen LogP contribution is -1.86. The molecule has 0 unspecified atom stereocenters. The fourth-order valence-corrected chi connectivity index (χ4v) is 1.07. The predicted octanol–water partition coefficient (Wildman–Crippen LogP) is 1.18. The summed E-state index contributed by atoms with van der Waals surface area (Å²) in [5, 5.41) is 6.61. The summed E-state index contributed by atoms with van der Waals surface area (Å²) in [6.45, 7) is 1.95. The highest BCUT2D eigenvalue weighted by molar-refractivity contribution is 5.62. The molecule has 2 rings (SSSR count). The Bertz CT molecular complexity index is 366. The number of aromatic amines is 1. The second-order valence-electron chi connectivity index (χ2n) is 2.51. The highest BCUT2D eigenvalue weighted by atomic mass is 15.1. The third-order valence-corrected chi connectivity index (χ3v) is 1.72. The summed E-state index contributed by atoms with van der Waals surface area (Å²) in [4.78, 5) is 8.03. The van der Waals surface area contributed by atoms with Crippen LogP contribution in [0.5, 0.6) is 0 Å². The standard InChI is InChI=1S/C8H8N4/c1-6-8(4-9-5-10-6)7-2-11-12-3-7/h2-5H,1H3,(H,11,12). The fourth-order valence-electron chi connectivity index (χ4n) is 1.07. The van der Waals surface area contributed by atoms with E-state index in [4.69, 9.17) is 0 Å². The van der Waals surface area contributed by atoms with Crippen LogP contribution in [0.2, 0.25) is 0 Å². The van der Waals surface area contributed by atoms with Gasteiger partial charge in [-0.3, -0.25) is 5.10 Å². The number of aryl methyl sites for hydroxylation is 1. The van der Waals surface area contributed by atoms with E-state index in [1.54, 1.807) is 18.7 Å². The summed E-state index contributed by atoms with van der Waals surface area (Å²) in [6.07, 6.45) is 6.91. The van der Waals surface area contributed by atoms with Crippen LogP contribution in [0, 0.1) is 6.92 Å². The first-order valence-electron chi connectivity index (χ1n) is 3.63. The Morgan fingerprint density at radius 1 is 1.33 bits per heavy atom. The lowest BCUT2D eigenvalue weighted by Gasteiger charge is -1.98. The van der Waals surface area contributed by atoms with Crippen molar-refractivity contribution in [2.24, 2.45) is 0 Å². The normalized spacial score (nSPS) is 10.1. The van der Waals surface area contributed by atoms with Gasteiger partial charge >= 0.3 is 0 Å². The molecule has 4 heteroatoms. The molecule has 0 fully saturated rings. The van der Waals surface area contributed by atoms with Crippen LogP contribution in [0.3, 0.4) is 0 Å². The molecule has 0 amide bonds. The van der Waals surface area contributed by atoms with Crippen molar-refractivity contribution in [2.75, 3.05) is 0 Å². The summed E-state index contributed by atoms with van der Waals surface area (Å²) in [7, 11) is 0. The molecule has 1 N–H and O–H groups in total. The average Bonchev–Trinajstić information content (AvgIpc) is 2.57. The molecule has 0 aliphatic heterocycles. The molecule has 0 atom stereocenters. The van der Waals surface area contributed by atoms with Gasteiger partial charge in [0.2, 0.25) is 0 Å². The molecule has 12 heavy (non-hydrogen) atoms. The number of H-pyrrole nitrogens is 1. The van der Waals surface area contributed by atoms with Crippen LogP contribution in [-0.4, -0.2) is 20.2 Å². The van der Waals surface area contributed by atoms with E-state index in [9.17, 15) is 0 Å². The number of rotatable bonds is 1. The van der Waals surface area contributed by atoms with Gasteiger partial charge in [-0.15, -0.1) is 0 Å². The summed E-state index contributed by atoms with van der Waals surface area (Å²) in [5.41, 5.74) is 3.01. The van der Waals surface area contributed by atoms with Crippen LogP contribution in [-0.2, 0) is 0 Å². The first kappa shape index (κ1) is 6.97. The predicted molar refractivity (Wildman–Crippen MR) is 44.4 cm³/mol. The van der Waals surface area contributed by atoms with E-state index in [1.165, 1.54) is 0 Å². The summed E-state index contributed by atoms with van der Waals surface area (Å²) < 4.78 is 0. The third-order valence-electron chi connectivity index (χ3n) is 1.72. The van der Waals surface area contributed by atoms with E-state index in [1.807, 2.05) is 13.1 Å². The monoisotopic (exact) mass is 160 g/mol. The van der Waals surface area contributed by atoms with Crippen LogP contribution < -0.4 is 0 Å². The smallest absolute Gasteiger partial charge is 0.115 e. The maximum Gasteiger partial charge on any atom is 0.115 e. The van der Waals surface area contributed by atoms with Crippen molar-refractivity contribution in [1.29, 1.82) is 0 Å². The Kier molecular flexibility index (Phi) is 1.59. The molecule has 2 heterocycles. The maximum absolute atomic E-state index is 4.08. The van der Waals surface area contributed by atoms with Crippen molar-refractivity contribution in [3.63, 3.8) is 0 Å². The molecule has 2 aromatic rings. The van der Waals surface area contributed by atoms with Crippen molar-refractivity contribution in [3.05, 3.63) is 30.6 Å². The van der Waals surface area contributed by atoms with Crippen molar-refractivity contribution in [3.8, 4) is 11.1 Å². The third kappa shape index (κ3) is 1.07. The lowest BCUT2D eigenvalue weighted by molar-refractivity contribution is 1.09. The Hall–Kier alpha value is -1.71. The maximum atomic E-state index is 4.08. The average molecular weight is 160 g/mol. The minimum absolute atomic E-state index is 0.964. The van der Waals surface area contributed by atoms with Gasteiger partial charge in [0, 0.05) is 29.2 Å². The fraction of sp³-hybridized carbons (Fsp3) is 0.125. The van der Waals surface area contributed by atoms with Crippen LogP contribution >= 0.6 is 0 Å². The van der Waals surface area contributed by atoms with E-state index in [-0.39, 0.29) is 0 Å². The molecule has 0 aliphatic rings. The van der Waals surface area contributed by atoms with Gasteiger partial charge in [0.1, 0.15) is 6.33 Å². The van der Waals surface area contributed by atoms with Crippen LogP contribution in [0.25, 0.3) is 11.1 Å². The molecule has 0 spiro atoms. The highest BCUT2D eigenvalue weighted by Gasteiger charge is 2.02. The van der Waals surface area contributed by atoms with Gasteiger partial charge in [0.05, 0.1) is 6.20 Å². The zero-order valence-corrected chi connectivity index (χ0v) is 6.65. The first-order valence-corrected chi connectivity index (χ1v) is 3.63. The Morgan fingerprint density at radius 2 is 2.25 bits per heavy atom. The van der Waals surface area contributed by atoms with Gasteiger partial charge in [-0.25, -0.2) is 9.97 Å². The number of nitrogens with zero attached hydrogens (tertiary/aromatic N) is 3. The second kappa shape index (κ2) is 2.73. The van der Waals surface area contributed by atoms with Crippen molar-refractivity contribution in [1.82, 2.24) is 20.2 Å². The van der Waals surface area contributed by atoms with Crippen LogP contribution in [0.15, 0.2) is 24.9 Å². The SMILES string of the molecule is Cc1ncncc1-c1cn[nH]c1. The Balaban J connectivity index is 2.55. The van der Waals surface area contributed by atoms with Gasteiger partial charge in [-0.2, -0.15) is 5.10 Å². The molecule has 4 nitrogen and oxygen atoms in total. The van der Waals surface area contributed by atoms with E-state index in [0.29, 0.717) is 0 Å². The Labute approximate surface area is 69.7 Å². The number of hydrogen-bond acceptors (Lipinski definition) is 3. The zero-order valence-electron chi connectivity index (χ0n) is 6.65. The van der Waals surface area contributed by atoms with E-state index >= 15 is 0 Å². The number of aromatic nitrogens is 4. The van der Waals surface area contributed by atoms with Crippen molar-refractivity contribution >= 4 is 0 Å². The number of nitrogens with one attached hydrogen (secondary N) is 1. The molecule has 0 saturated heterocycles. The van der Waals surface area contributed by atoms with Crippen LogP contribution in [0.4, 0.5) is 0 Å². The van der Waals surface area contributed by atoms with Gasteiger partial charge in [-0.1, -0.05) is 0 Å². The topological polar surface area (TPSA) is 54.5 Å². The van der Waals surface area contributed by atoms with Crippen molar-refractivity contribution < 1.29 is 0 Å². The van der Waals surface area contributed by atoms with E-state index in [0.717, 1.165) is 16.8 Å². The van der Waals surface area contributed by atoms with Gasteiger partial charge in [-0.05, 0) is 6.92 Å². The molecule has 0 saturated carbocycles. The van der Waals surface area contributed by atoms with Crippen LogP contribution in [0.1, 0.15) is 5.69 Å². The molecular weight excluding hydrogens is 152 g/mol. The van der Waals surface area contributed by atoms with Gasteiger partial charge < -0.3 is 0 Å². The minimum Gasteiger partial charge on any atom is -0.285 e.